The minimum absolute atomic E-state index is 0.663. The summed E-state index contributed by atoms with van der Waals surface area (Å²) in [5.41, 5.74) is 0. The first-order valence-electron chi connectivity index (χ1n) is 6.21. The van der Waals surface area contributed by atoms with Crippen LogP contribution >= 0.6 is 11.8 Å². The predicted molar refractivity (Wildman–Crippen MR) is 70.5 cm³/mol. The first kappa shape index (κ1) is 11.3. The molecule has 0 bridgehead atoms. The second kappa shape index (κ2) is 4.82. The number of nitrogens with one attached hydrogen (secondary N) is 1. The molecule has 1 N–H and O–H groups in total. The Balaban J connectivity index is 1.76. The highest BCUT2D eigenvalue weighted by molar-refractivity contribution is 7.98. The number of aromatic nitrogens is 2. The lowest BCUT2D eigenvalue weighted by atomic mass is 9.94. The quantitative estimate of drug-likeness (QED) is 0.634. The highest BCUT2D eigenvalue weighted by Crippen LogP contribution is 2.28. The Kier molecular flexibility index (Phi) is 3.20. The molecule has 92 valence electrons. The zero-order chi connectivity index (χ0) is 11.7. The lowest BCUT2D eigenvalue weighted by molar-refractivity contribution is 0.340. The molecular weight excluding hydrogens is 232 g/mol. The largest absolute Gasteiger partial charge is 0.355 e. The van der Waals surface area contributed by atoms with E-state index in [2.05, 4.69) is 32.5 Å². The molecule has 0 amide bonds. The number of rotatable bonds is 2. The predicted octanol–water partition coefficient (Wildman–Crippen LogP) is 1.39. The van der Waals surface area contributed by atoms with Gasteiger partial charge in [0.2, 0.25) is 0 Å². The van der Waals surface area contributed by atoms with Crippen molar-refractivity contribution in [3.8, 4) is 0 Å². The van der Waals surface area contributed by atoms with Crippen molar-refractivity contribution in [1.29, 1.82) is 0 Å². The molecule has 2 aliphatic rings. The molecule has 2 atom stereocenters. The number of thioether (sulfide) groups is 1. The summed E-state index contributed by atoms with van der Waals surface area (Å²) < 4.78 is 0. The lowest BCUT2D eigenvalue weighted by Crippen LogP contribution is -2.40. The summed E-state index contributed by atoms with van der Waals surface area (Å²) in [7, 11) is 0. The molecule has 0 saturated carbocycles. The van der Waals surface area contributed by atoms with Gasteiger partial charge in [0.15, 0.2) is 0 Å². The van der Waals surface area contributed by atoms with E-state index >= 15 is 0 Å². The molecule has 0 aliphatic carbocycles. The average molecular weight is 250 g/mol. The van der Waals surface area contributed by atoms with Crippen molar-refractivity contribution in [2.75, 3.05) is 30.8 Å². The number of nitrogens with zero attached hydrogens (tertiary/aromatic N) is 3. The van der Waals surface area contributed by atoms with E-state index in [-0.39, 0.29) is 0 Å². The summed E-state index contributed by atoms with van der Waals surface area (Å²) >= 11 is 1.67. The summed E-state index contributed by atoms with van der Waals surface area (Å²) in [5, 5.41) is 4.67. The molecule has 2 aliphatic heterocycles. The smallest absolute Gasteiger partial charge is 0.133 e. The van der Waals surface area contributed by atoms with Crippen LogP contribution in [0.2, 0.25) is 0 Å². The van der Waals surface area contributed by atoms with Gasteiger partial charge in [-0.3, -0.25) is 0 Å². The van der Waals surface area contributed by atoms with Crippen molar-refractivity contribution < 1.29 is 0 Å². The summed E-state index contributed by atoms with van der Waals surface area (Å²) in [4.78, 5) is 11.0. The molecule has 0 unspecified atom stereocenters. The molecule has 17 heavy (non-hydrogen) atoms. The molecule has 1 aromatic rings. The molecule has 0 spiro atoms. The van der Waals surface area contributed by atoms with Gasteiger partial charge in [0.1, 0.15) is 17.2 Å². The third-order valence-electron chi connectivity index (χ3n) is 3.76. The Bertz CT molecular complexity index is 384. The fraction of sp³-hybridized carbons (Fsp3) is 0.667. The van der Waals surface area contributed by atoms with Crippen LogP contribution in [0.1, 0.15) is 12.8 Å². The van der Waals surface area contributed by atoms with Crippen molar-refractivity contribution in [2.24, 2.45) is 5.92 Å². The van der Waals surface area contributed by atoms with E-state index in [4.69, 9.17) is 0 Å². The Morgan fingerprint density at radius 1 is 1.41 bits per heavy atom. The highest BCUT2D eigenvalue weighted by atomic mass is 32.2. The molecule has 4 nitrogen and oxygen atoms in total. The Morgan fingerprint density at radius 3 is 3.18 bits per heavy atom. The van der Waals surface area contributed by atoms with Crippen molar-refractivity contribution >= 4 is 17.6 Å². The van der Waals surface area contributed by atoms with Crippen molar-refractivity contribution in [3.05, 3.63) is 12.4 Å². The minimum atomic E-state index is 0.663. The molecule has 0 aromatic carbocycles. The minimum Gasteiger partial charge on any atom is -0.355 e. The van der Waals surface area contributed by atoms with E-state index in [1.807, 2.05) is 0 Å². The van der Waals surface area contributed by atoms with Gasteiger partial charge in [-0.25, -0.2) is 9.97 Å². The van der Waals surface area contributed by atoms with Gasteiger partial charge in [-0.2, -0.15) is 0 Å². The third kappa shape index (κ3) is 2.26. The summed E-state index contributed by atoms with van der Waals surface area (Å²) in [6.45, 7) is 3.41. The van der Waals surface area contributed by atoms with Gasteiger partial charge >= 0.3 is 0 Å². The van der Waals surface area contributed by atoms with E-state index in [1.54, 1.807) is 18.1 Å². The van der Waals surface area contributed by atoms with Crippen LogP contribution in [0.15, 0.2) is 17.4 Å². The van der Waals surface area contributed by atoms with Crippen LogP contribution < -0.4 is 10.2 Å². The zero-order valence-electron chi connectivity index (χ0n) is 10.1. The summed E-state index contributed by atoms with van der Waals surface area (Å²) in [6, 6.07) is 2.76. The van der Waals surface area contributed by atoms with Gasteiger partial charge in [0.05, 0.1) is 0 Å². The van der Waals surface area contributed by atoms with Crippen LogP contribution in [-0.2, 0) is 0 Å². The van der Waals surface area contributed by atoms with Crippen LogP contribution in [0, 0.1) is 5.92 Å². The van der Waals surface area contributed by atoms with E-state index in [9.17, 15) is 0 Å². The maximum atomic E-state index is 4.40. The van der Waals surface area contributed by atoms with E-state index in [1.165, 1.54) is 19.4 Å². The molecule has 5 heteroatoms. The number of hydrogen-bond acceptors (Lipinski definition) is 5. The monoisotopic (exact) mass is 250 g/mol. The first-order valence-corrected chi connectivity index (χ1v) is 7.43. The number of hydrogen-bond donors (Lipinski definition) is 1. The van der Waals surface area contributed by atoms with Crippen LogP contribution in [-0.4, -0.2) is 41.9 Å². The first-order chi connectivity index (χ1) is 8.36. The second-order valence-corrected chi connectivity index (χ2v) is 5.61. The second-order valence-electron chi connectivity index (χ2n) is 4.79. The van der Waals surface area contributed by atoms with Crippen molar-refractivity contribution in [1.82, 2.24) is 15.3 Å². The summed E-state index contributed by atoms with van der Waals surface area (Å²) in [6.07, 6.45) is 6.40. The number of anilines is 1. The van der Waals surface area contributed by atoms with E-state index < -0.39 is 0 Å². The SMILES string of the molecule is CSc1cc(N2C[C@@H]3CCCN[C@@H]3C2)ncn1. The van der Waals surface area contributed by atoms with E-state index in [0.29, 0.717) is 6.04 Å². The molecule has 2 saturated heterocycles. The fourth-order valence-corrected chi connectivity index (χ4v) is 3.22. The summed E-state index contributed by atoms with van der Waals surface area (Å²) in [5.74, 6) is 1.89. The van der Waals surface area contributed by atoms with Crippen LogP contribution in [0.4, 0.5) is 5.82 Å². The van der Waals surface area contributed by atoms with Gasteiger partial charge in [-0.05, 0) is 31.6 Å². The van der Waals surface area contributed by atoms with Crippen LogP contribution in [0.5, 0.6) is 0 Å². The molecule has 1 aromatic heterocycles. The van der Waals surface area contributed by atoms with Gasteiger partial charge in [-0.15, -0.1) is 11.8 Å². The zero-order valence-corrected chi connectivity index (χ0v) is 10.9. The fourth-order valence-electron chi connectivity index (χ4n) is 2.85. The third-order valence-corrected chi connectivity index (χ3v) is 4.40. The van der Waals surface area contributed by atoms with Crippen LogP contribution in [0.25, 0.3) is 0 Å². The van der Waals surface area contributed by atoms with Gasteiger partial charge in [0.25, 0.3) is 0 Å². The number of piperidine rings is 1. The standard InChI is InChI=1S/C12H18N4S/c1-17-12-5-11(14-8-15-12)16-6-9-3-2-4-13-10(9)7-16/h5,8-10,13H,2-4,6-7H2,1H3/t9-,10+/m0/s1. The van der Waals surface area contributed by atoms with Crippen molar-refractivity contribution in [2.45, 2.75) is 23.9 Å². The van der Waals surface area contributed by atoms with E-state index in [0.717, 1.165) is 29.9 Å². The maximum absolute atomic E-state index is 4.40. The molecule has 0 radical (unpaired) electrons. The molecular formula is C12H18N4S. The van der Waals surface area contributed by atoms with Crippen LogP contribution in [0.3, 0.4) is 0 Å². The Hall–Kier alpha value is -0.810. The number of fused-ring (bicyclic) bond motifs is 1. The molecule has 3 rings (SSSR count). The average Bonchev–Trinajstić information content (AvgIpc) is 2.82. The maximum Gasteiger partial charge on any atom is 0.133 e. The van der Waals surface area contributed by atoms with Gasteiger partial charge in [-0.1, -0.05) is 0 Å². The highest BCUT2D eigenvalue weighted by Gasteiger charge is 2.34. The van der Waals surface area contributed by atoms with Gasteiger partial charge < -0.3 is 10.2 Å². The normalized spacial score (nSPS) is 28.2. The molecule has 3 heterocycles. The molecule has 2 fully saturated rings. The lowest BCUT2D eigenvalue weighted by Gasteiger charge is -2.24. The van der Waals surface area contributed by atoms with Gasteiger partial charge in [0, 0.05) is 25.2 Å². The topological polar surface area (TPSA) is 41.0 Å². The van der Waals surface area contributed by atoms with Crippen molar-refractivity contribution in [3.63, 3.8) is 0 Å². The Labute approximate surface area is 106 Å². The Morgan fingerprint density at radius 2 is 2.35 bits per heavy atom.